The van der Waals surface area contributed by atoms with Gasteiger partial charge in [0, 0.05) is 5.41 Å². The number of imidazole rings is 1. The number of carbonyl (C=O) groups excluding carboxylic acids is 1. The molecule has 190 valence electrons. The van der Waals surface area contributed by atoms with E-state index >= 15 is 0 Å². The molecule has 34 heavy (non-hydrogen) atoms. The minimum absolute atomic E-state index is 0.171. The number of nitrogens with two attached hydrogens (primary N) is 1. The van der Waals surface area contributed by atoms with Gasteiger partial charge in [0.2, 0.25) is 5.95 Å². The summed E-state index contributed by atoms with van der Waals surface area (Å²) < 4.78 is 37.5. The number of hydrogen-bond donors (Lipinski definition) is 7. The van der Waals surface area contributed by atoms with Crippen LogP contribution in [0, 0.1) is 5.41 Å². The van der Waals surface area contributed by atoms with Gasteiger partial charge in [-0.15, -0.1) is 0 Å². The van der Waals surface area contributed by atoms with Crippen LogP contribution < -0.4 is 11.3 Å². The third-order valence-corrected chi connectivity index (χ3v) is 7.04. The number of anilines is 1. The molecule has 0 saturated carbocycles. The molecule has 2 aromatic heterocycles. The number of aromatic amines is 1. The van der Waals surface area contributed by atoms with Crippen LogP contribution in [0.5, 0.6) is 0 Å². The minimum Gasteiger partial charge on any atom is -0.385 e. The quantitative estimate of drug-likeness (QED) is 0.203. The predicted octanol–water partition coefficient (Wildman–Crippen LogP) is -1.47. The Bertz CT molecular complexity index is 1260. The summed E-state index contributed by atoms with van der Waals surface area (Å²) in [5.41, 5.74) is 0.430. The molecule has 1 saturated heterocycles. The molecule has 0 spiro atoms. The highest BCUT2D eigenvalue weighted by Gasteiger charge is 2.63. The number of carbonyl (C=O) groups is 1. The van der Waals surface area contributed by atoms with Gasteiger partial charge in [-0.1, -0.05) is 20.8 Å². The molecule has 0 bridgehead atoms. The Kier molecular flexibility index (Phi) is 6.69. The smallest absolute Gasteiger partial charge is 0.385 e. The number of ketones is 1. The van der Waals surface area contributed by atoms with Crippen molar-refractivity contribution in [1.29, 1.82) is 0 Å². The van der Waals surface area contributed by atoms with E-state index in [9.17, 15) is 33.8 Å². The fourth-order valence-corrected chi connectivity index (χ4v) is 5.06. The average Bonchev–Trinajstić information content (AvgIpc) is 3.17. The van der Waals surface area contributed by atoms with E-state index in [2.05, 4.69) is 23.8 Å². The molecule has 1 fully saturated rings. The maximum absolute atomic E-state index is 13.1. The molecule has 0 amide bonds. The van der Waals surface area contributed by atoms with E-state index in [1.165, 1.54) is 20.8 Å². The number of phosphoric acid groups is 2. The van der Waals surface area contributed by atoms with Gasteiger partial charge in [0.1, 0.15) is 12.2 Å². The number of H-pyrrole nitrogens is 1. The van der Waals surface area contributed by atoms with Crippen molar-refractivity contribution in [3.63, 3.8) is 0 Å². The second-order valence-electron chi connectivity index (χ2n) is 8.48. The summed E-state index contributed by atoms with van der Waals surface area (Å²) >= 11 is 0. The van der Waals surface area contributed by atoms with Crippen LogP contribution in [0.2, 0.25) is 0 Å². The van der Waals surface area contributed by atoms with E-state index in [1.807, 2.05) is 0 Å². The molecule has 3 heterocycles. The normalized spacial score (nSPS) is 27.7. The standard InChI is InChI=1S/C15H23N5O12P2/c1-14(2,3)12(23)15(24)6(4-30-34(28,29)32-33(25,26)27)31-11(8(15)21)20-5-17-7-9(20)18-13(16)19-10(7)22/h5-6,8,11,21,24H,4H2,1-3H3,(H,28,29)(H2,25,26,27)(H3,16,18,19,22)/t6-,8+,11-,15-/m1/s1. The first-order chi connectivity index (χ1) is 15.4. The summed E-state index contributed by atoms with van der Waals surface area (Å²) in [5, 5.41) is 22.3. The zero-order valence-corrected chi connectivity index (χ0v) is 19.7. The second-order valence-corrected chi connectivity index (χ2v) is 11.3. The van der Waals surface area contributed by atoms with Crippen molar-refractivity contribution in [3.05, 3.63) is 16.7 Å². The lowest BCUT2D eigenvalue weighted by atomic mass is 9.75. The lowest BCUT2D eigenvalue weighted by Crippen LogP contribution is -2.59. The topological polar surface area (TPSA) is 270 Å². The zero-order valence-electron chi connectivity index (χ0n) is 17.9. The SMILES string of the molecule is CC(C)(C)C(=O)[C@@]1(O)[C@@H](COP(=O)(O)OP(=O)(O)O)O[C@@H](n2cnc3c(=O)[nH]c(N)nc32)[C@@H]1O. The molecule has 0 aliphatic carbocycles. The maximum Gasteiger partial charge on any atom is 0.481 e. The Balaban J connectivity index is 2.03. The Morgan fingerprint density at radius 2 is 1.97 bits per heavy atom. The molecular weight excluding hydrogens is 504 g/mol. The van der Waals surface area contributed by atoms with Gasteiger partial charge in [0.15, 0.2) is 28.8 Å². The third kappa shape index (κ3) is 4.99. The highest BCUT2D eigenvalue weighted by atomic mass is 31.3. The lowest BCUT2D eigenvalue weighted by Gasteiger charge is -2.34. The summed E-state index contributed by atoms with van der Waals surface area (Å²) in [4.78, 5) is 62.2. The molecule has 0 aromatic carbocycles. The van der Waals surface area contributed by atoms with E-state index in [4.69, 9.17) is 20.3 Å². The molecule has 19 heteroatoms. The van der Waals surface area contributed by atoms with Crippen LogP contribution in [0.4, 0.5) is 5.95 Å². The summed E-state index contributed by atoms with van der Waals surface area (Å²) in [6.07, 6.45) is -4.49. The van der Waals surface area contributed by atoms with E-state index < -0.39 is 63.0 Å². The van der Waals surface area contributed by atoms with Crippen molar-refractivity contribution < 1.29 is 52.4 Å². The van der Waals surface area contributed by atoms with Gasteiger partial charge in [-0.25, -0.2) is 14.1 Å². The van der Waals surface area contributed by atoms with Crippen molar-refractivity contribution in [2.45, 2.75) is 44.8 Å². The van der Waals surface area contributed by atoms with Gasteiger partial charge in [-0.2, -0.15) is 9.29 Å². The molecule has 1 aliphatic rings. The number of aromatic nitrogens is 4. The molecule has 3 rings (SSSR count). The van der Waals surface area contributed by atoms with Crippen molar-refractivity contribution in [2.24, 2.45) is 5.41 Å². The molecule has 8 N–H and O–H groups in total. The number of rotatable bonds is 7. The Morgan fingerprint density at radius 3 is 2.53 bits per heavy atom. The van der Waals surface area contributed by atoms with Crippen LogP contribution >= 0.6 is 15.6 Å². The van der Waals surface area contributed by atoms with E-state index in [1.54, 1.807) is 0 Å². The number of phosphoric ester groups is 1. The fraction of sp³-hybridized carbons (Fsp3) is 0.600. The molecule has 1 unspecified atom stereocenters. The number of aliphatic hydroxyl groups excluding tert-OH is 1. The van der Waals surface area contributed by atoms with Gasteiger partial charge < -0.3 is 35.4 Å². The van der Waals surface area contributed by atoms with Crippen LogP contribution in [0.1, 0.15) is 27.0 Å². The number of Topliss-reactive ketones (excluding diaryl/α,β-unsaturated/α-hetero) is 1. The summed E-state index contributed by atoms with van der Waals surface area (Å²) in [7, 11) is -10.8. The number of hydrogen-bond acceptors (Lipinski definition) is 12. The first-order valence-electron chi connectivity index (χ1n) is 9.44. The lowest BCUT2D eigenvalue weighted by molar-refractivity contribution is -0.162. The predicted molar refractivity (Wildman–Crippen MR) is 111 cm³/mol. The van der Waals surface area contributed by atoms with Crippen LogP contribution in [-0.4, -0.2) is 74.6 Å². The largest absolute Gasteiger partial charge is 0.481 e. The van der Waals surface area contributed by atoms with E-state index in [0.717, 1.165) is 10.9 Å². The van der Waals surface area contributed by atoms with Gasteiger partial charge in [-0.05, 0) is 0 Å². The van der Waals surface area contributed by atoms with Crippen LogP contribution in [-0.2, 0) is 27.5 Å². The van der Waals surface area contributed by atoms with E-state index in [0.29, 0.717) is 0 Å². The Morgan fingerprint density at radius 1 is 1.35 bits per heavy atom. The van der Waals surface area contributed by atoms with Crippen LogP contribution in [0.25, 0.3) is 11.2 Å². The van der Waals surface area contributed by atoms with E-state index in [-0.39, 0.29) is 17.1 Å². The number of nitrogens with one attached hydrogen (secondary N) is 1. The molecule has 5 atom stereocenters. The maximum atomic E-state index is 13.1. The van der Waals surface area contributed by atoms with Crippen molar-refractivity contribution in [2.75, 3.05) is 12.3 Å². The first-order valence-corrected chi connectivity index (χ1v) is 12.5. The van der Waals surface area contributed by atoms with Crippen LogP contribution in [0.3, 0.4) is 0 Å². The number of aliphatic hydroxyl groups is 2. The molecule has 2 aromatic rings. The fourth-order valence-electron chi connectivity index (χ4n) is 3.47. The number of fused-ring (bicyclic) bond motifs is 1. The highest BCUT2D eigenvalue weighted by Crippen LogP contribution is 2.58. The second kappa shape index (κ2) is 8.57. The molecule has 17 nitrogen and oxygen atoms in total. The van der Waals surface area contributed by atoms with Gasteiger partial charge in [-0.3, -0.25) is 23.7 Å². The average molecular weight is 527 g/mol. The third-order valence-electron chi connectivity index (χ3n) is 4.88. The Labute approximate surface area is 190 Å². The van der Waals surface area contributed by atoms with Gasteiger partial charge in [0.25, 0.3) is 5.56 Å². The Hall–Kier alpha value is -2.04. The summed E-state index contributed by atoms with van der Waals surface area (Å²) in [5.74, 6) is -1.26. The van der Waals surface area contributed by atoms with Gasteiger partial charge >= 0.3 is 15.6 Å². The number of ether oxygens (including phenoxy) is 1. The van der Waals surface area contributed by atoms with Gasteiger partial charge in [0.05, 0.1) is 12.9 Å². The molecule has 0 radical (unpaired) electrons. The van der Waals surface area contributed by atoms with Crippen molar-refractivity contribution in [1.82, 2.24) is 19.5 Å². The molecular formula is C15H23N5O12P2. The highest BCUT2D eigenvalue weighted by molar-refractivity contribution is 7.60. The summed E-state index contributed by atoms with van der Waals surface area (Å²) in [6.45, 7) is 3.15. The van der Waals surface area contributed by atoms with Crippen molar-refractivity contribution in [3.8, 4) is 0 Å². The number of nitrogens with zero attached hydrogens (tertiary/aromatic N) is 3. The monoisotopic (exact) mass is 527 g/mol. The van der Waals surface area contributed by atoms with Crippen molar-refractivity contribution >= 4 is 38.5 Å². The van der Waals surface area contributed by atoms with Crippen LogP contribution in [0.15, 0.2) is 11.1 Å². The molecule has 1 aliphatic heterocycles. The minimum atomic E-state index is -5.45. The first kappa shape index (κ1) is 26.6. The summed E-state index contributed by atoms with van der Waals surface area (Å²) in [6, 6.07) is 0. The zero-order chi connectivity index (χ0) is 25.9. The number of nitrogen functional groups attached to an aromatic ring is 1.